The number of rotatable bonds is 4. The Morgan fingerprint density at radius 1 is 1.32 bits per heavy atom. The number of halogens is 4. The van der Waals surface area contributed by atoms with Gasteiger partial charge in [0.15, 0.2) is 5.78 Å². The number of benzene rings is 1. The molecule has 0 bridgehead atoms. The molecule has 7 heteroatoms. The minimum atomic E-state index is -4.88. The molecule has 0 heterocycles. The van der Waals surface area contributed by atoms with E-state index in [2.05, 4.69) is 0 Å². The molecule has 0 fully saturated rings. The minimum absolute atomic E-state index is 0.223. The maximum atomic E-state index is 12.8. The van der Waals surface area contributed by atoms with Gasteiger partial charge < -0.3 is 5.11 Å². The Bertz CT molecular complexity index is 508. The van der Waals surface area contributed by atoms with Gasteiger partial charge >= 0.3 is 12.1 Å². The molecule has 19 heavy (non-hydrogen) atoms. The largest absolute Gasteiger partial charge is 0.481 e. The lowest BCUT2D eigenvalue weighted by Gasteiger charge is -2.14. The molecule has 0 aliphatic carbocycles. The number of carboxylic acids is 1. The molecule has 0 saturated heterocycles. The lowest BCUT2D eigenvalue weighted by Crippen LogP contribution is -2.20. The summed E-state index contributed by atoms with van der Waals surface area (Å²) >= 11 is 0. The number of carbonyl (C=O) groups is 2. The molecule has 0 radical (unpaired) electrons. The first-order chi connectivity index (χ1) is 8.62. The van der Waals surface area contributed by atoms with Crippen LogP contribution in [0.4, 0.5) is 17.6 Å². The summed E-state index contributed by atoms with van der Waals surface area (Å²) in [5, 5.41) is 8.52. The fraction of sp³-hybridized carbons (Fsp3) is 0.333. The molecule has 1 atom stereocenters. The highest BCUT2D eigenvalue weighted by Gasteiger charge is 2.36. The average molecular weight is 278 g/mol. The third-order valence-corrected chi connectivity index (χ3v) is 2.48. The highest BCUT2D eigenvalue weighted by atomic mass is 19.4. The number of alkyl halides is 3. The van der Waals surface area contributed by atoms with Crippen molar-refractivity contribution in [3.05, 3.63) is 35.1 Å². The lowest BCUT2D eigenvalue weighted by molar-refractivity contribution is -0.138. The van der Waals surface area contributed by atoms with Crippen LogP contribution in [0.5, 0.6) is 0 Å². The first-order valence-corrected chi connectivity index (χ1v) is 5.25. The van der Waals surface area contributed by atoms with E-state index < -0.39 is 47.2 Å². The third-order valence-electron chi connectivity index (χ3n) is 2.48. The maximum absolute atomic E-state index is 12.8. The van der Waals surface area contributed by atoms with Gasteiger partial charge in [-0.05, 0) is 18.2 Å². The Kier molecular flexibility index (Phi) is 4.28. The molecular formula is C12H10F4O3. The first kappa shape index (κ1) is 15.1. The van der Waals surface area contributed by atoms with Gasteiger partial charge in [0.2, 0.25) is 0 Å². The van der Waals surface area contributed by atoms with E-state index in [0.29, 0.717) is 0 Å². The third kappa shape index (κ3) is 3.77. The topological polar surface area (TPSA) is 54.4 Å². The van der Waals surface area contributed by atoms with Crippen LogP contribution in [0, 0.1) is 11.7 Å². The van der Waals surface area contributed by atoms with Gasteiger partial charge in [0.05, 0.1) is 12.0 Å². The van der Waals surface area contributed by atoms with Gasteiger partial charge in [0.25, 0.3) is 0 Å². The Hall–Kier alpha value is -1.92. The van der Waals surface area contributed by atoms with Crippen LogP contribution in [0.3, 0.4) is 0 Å². The summed E-state index contributed by atoms with van der Waals surface area (Å²) in [4.78, 5) is 22.2. The molecule has 0 aliphatic rings. The van der Waals surface area contributed by atoms with Crippen LogP contribution in [0.2, 0.25) is 0 Å². The van der Waals surface area contributed by atoms with Crippen molar-refractivity contribution in [2.45, 2.75) is 19.5 Å². The molecule has 3 nitrogen and oxygen atoms in total. The Balaban J connectivity index is 3.20. The van der Waals surface area contributed by atoms with Crippen molar-refractivity contribution in [3.8, 4) is 0 Å². The summed E-state index contributed by atoms with van der Waals surface area (Å²) in [6.45, 7) is 1.21. The van der Waals surface area contributed by atoms with Crippen molar-refractivity contribution in [3.63, 3.8) is 0 Å². The van der Waals surface area contributed by atoms with Crippen molar-refractivity contribution < 1.29 is 32.3 Å². The zero-order valence-electron chi connectivity index (χ0n) is 9.79. The van der Waals surface area contributed by atoms with E-state index in [1.165, 1.54) is 6.92 Å². The summed E-state index contributed by atoms with van der Waals surface area (Å²) in [5.41, 5.74) is -2.11. The van der Waals surface area contributed by atoms with E-state index in [-0.39, 0.29) is 6.07 Å². The normalized spacial score (nSPS) is 13.1. The second kappa shape index (κ2) is 5.38. The van der Waals surface area contributed by atoms with E-state index in [1.54, 1.807) is 0 Å². The predicted molar refractivity (Wildman–Crippen MR) is 57.1 cm³/mol. The quantitative estimate of drug-likeness (QED) is 0.680. The smallest absolute Gasteiger partial charge is 0.417 e. The van der Waals surface area contributed by atoms with Crippen molar-refractivity contribution in [1.82, 2.24) is 0 Å². The second-order valence-corrected chi connectivity index (χ2v) is 4.05. The minimum Gasteiger partial charge on any atom is -0.481 e. The number of aliphatic carboxylic acids is 1. The summed E-state index contributed by atoms with van der Waals surface area (Å²) in [6.07, 6.45) is -5.47. The van der Waals surface area contributed by atoms with E-state index >= 15 is 0 Å². The maximum Gasteiger partial charge on any atom is 0.417 e. The Labute approximate surface area is 105 Å². The van der Waals surface area contributed by atoms with Gasteiger partial charge in [-0.1, -0.05) is 6.92 Å². The molecule has 0 spiro atoms. The molecule has 0 saturated carbocycles. The standard InChI is InChI=1S/C12H10F4O3/c1-6(4-10(17)18)11(19)8-3-2-7(13)5-9(8)12(14,15)16/h2-3,5-6H,4H2,1H3,(H,17,18). The molecule has 1 rings (SSSR count). The molecule has 1 unspecified atom stereocenters. The number of carboxylic acid groups (broad SMARTS) is 1. The fourth-order valence-electron chi connectivity index (χ4n) is 1.59. The van der Waals surface area contributed by atoms with Crippen LogP contribution in [0.15, 0.2) is 18.2 Å². The van der Waals surface area contributed by atoms with Crippen molar-refractivity contribution in [2.75, 3.05) is 0 Å². The van der Waals surface area contributed by atoms with Crippen molar-refractivity contribution >= 4 is 11.8 Å². The molecule has 0 aromatic heterocycles. The molecule has 1 aromatic carbocycles. The van der Waals surface area contributed by atoms with Crippen LogP contribution < -0.4 is 0 Å². The summed E-state index contributed by atoms with van der Waals surface area (Å²) < 4.78 is 50.9. The fourth-order valence-corrected chi connectivity index (χ4v) is 1.59. The number of hydrogen-bond acceptors (Lipinski definition) is 2. The Morgan fingerprint density at radius 3 is 2.37 bits per heavy atom. The highest BCUT2D eigenvalue weighted by Crippen LogP contribution is 2.33. The lowest BCUT2D eigenvalue weighted by atomic mass is 9.93. The van der Waals surface area contributed by atoms with Crippen LogP contribution >= 0.6 is 0 Å². The van der Waals surface area contributed by atoms with Crippen LogP contribution in [-0.4, -0.2) is 16.9 Å². The predicted octanol–water partition coefficient (Wildman–Crippen LogP) is 3.14. The van der Waals surface area contributed by atoms with Crippen LogP contribution in [-0.2, 0) is 11.0 Å². The van der Waals surface area contributed by atoms with E-state index in [4.69, 9.17) is 5.11 Å². The first-order valence-electron chi connectivity index (χ1n) is 5.25. The zero-order valence-corrected chi connectivity index (χ0v) is 9.79. The van der Waals surface area contributed by atoms with Gasteiger partial charge in [0.1, 0.15) is 5.82 Å². The summed E-state index contributed by atoms with van der Waals surface area (Å²) in [6, 6.07) is 1.68. The molecular weight excluding hydrogens is 268 g/mol. The zero-order chi connectivity index (χ0) is 14.8. The average Bonchev–Trinajstić information content (AvgIpc) is 2.25. The number of ketones is 1. The molecule has 0 amide bonds. The molecule has 0 aliphatic heterocycles. The van der Waals surface area contributed by atoms with Gasteiger partial charge in [-0.2, -0.15) is 13.2 Å². The van der Waals surface area contributed by atoms with Crippen molar-refractivity contribution in [2.24, 2.45) is 5.92 Å². The molecule has 1 aromatic rings. The number of hydrogen-bond donors (Lipinski definition) is 1. The van der Waals surface area contributed by atoms with Gasteiger partial charge in [-0.3, -0.25) is 9.59 Å². The van der Waals surface area contributed by atoms with Gasteiger partial charge in [-0.15, -0.1) is 0 Å². The molecule has 104 valence electrons. The van der Waals surface area contributed by atoms with Crippen molar-refractivity contribution in [1.29, 1.82) is 0 Å². The van der Waals surface area contributed by atoms with E-state index in [0.717, 1.165) is 12.1 Å². The van der Waals surface area contributed by atoms with E-state index in [1.807, 2.05) is 0 Å². The van der Waals surface area contributed by atoms with Gasteiger partial charge in [0, 0.05) is 11.5 Å². The molecule has 1 N–H and O–H groups in total. The van der Waals surface area contributed by atoms with E-state index in [9.17, 15) is 27.2 Å². The van der Waals surface area contributed by atoms with Gasteiger partial charge in [-0.25, -0.2) is 4.39 Å². The summed E-state index contributed by atoms with van der Waals surface area (Å²) in [5.74, 6) is -4.51. The second-order valence-electron chi connectivity index (χ2n) is 4.05. The SMILES string of the molecule is CC(CC(=O)O)C(=O)c1ccc(F)cc1C(F)(F)F. The van der Waals surface area contributed by atoms with Crippen LogP contribution in [0.25, 0.3) is 0 Å². The number of carbonyl (C=O) groups excluding carboxylic acids is 1. The summed E-state index contributed by atoms with van der Waals surface area (Å²) in [7, 11) is 0. The number of Topliss-reactive ketones (excluding diaryl/α,β-unsaturated/α-hetero) is 1. The van der Waals surface area contributed by atoms with Crippen LogP contribution in [0.1, 0.15) is 29.3 Å². The Morgan fingerprint density at radius 2 is 1.89 bits per heavy atom. The monoisotopic (exact) mass is 278 g/mol. The highest BCUT2D eigenvalue weighted by molar-refractivity contribution is 6.00.